The van der Waals surface area contributed by atoms with E-state index in [1.165, 1.54) is 0 Å². The smallest absolute Gasteiger partial charge is 0.338 e. The molecule has 96 valence electrons. The quantitative estimate of drug-likeness (QED) is 0.594. The van der Waals surface area contributed by atoms with E-state index in [0.717, 1.165) is 5.57 Å². The van der Waals surface area contributed by atoms with Crippen molar-refractivity contribution >= 4 is 5.97 Å². The van der Waals surface area contributed by atoms with Gasteiger partial charge in [0, 0.05) is 13.0 Å². The zero-order chi connectivity index (χ0) is 13.2. The van der Waals surface area contributed by atoms with Crippen LogP contribution >= 0.6 is 0 Å². The van der Waals surface area contributed by atoms with Crippen LogP contribution in [0.1, 0.15) is 23.2 Å². The predicted octanol–water partition coefficient (Wildman–Crippen LogP) is 2.73. The molecule has 1 aromatic rings. The van der Waals surface area contributed by atoms with Gasteiger partial charge in [0.1, 0.15) is 0 Å². The highest BCUT2D eigenvalue weighted by molar-refractivity contribution is 5.89. The van der Waals surface area contributed by atoms with Crippen LogP contribution < -0.4 is 0 Å². The highest BCUT2D eigenvalue weighted by Crippen LogP contribution is 2.05. The number of esters is 1. The summed E-state index contributed by atoms with van der Waals surface area (Å²) in [7, 11) is 0. The van der Waals surface area contributed by atoms with Gasteiger partial charge >= 0.3 is 5.97 Å². The Morgan fingerprint density at radius 2 is 2.06 bits per heavy atom. The Morgan fingerprint density at radius 1 is 1.33 bits per heavy atom. The third-order valence-corrected chi connectivity index (χ3v) is 2.32. The van der Waals surface area contributed by atoms with Crippen molar-refractivity contribution in [2.45, 2.75) is 12.8 Å². The molecule has 3 heteroatoms. The van der Waals surface area contributed by atoms with Crippen molar-refractivity contribution in [3.63, 3.8) is 0 Å². The molecule has 3 nitrogen and oxygen atoms in total. The van der Waals surface area contributed by atoms with Crippen LogP contribution in [0.25, 0.3) is 0 Å². The second-order valence-corrected chi connectivity index (χ2v) is 3.82. The number of ether oxygens (including phenoxy) is 1. The molecular weight excluding hydrogens is 228 g/mol. The Labute approximate surface area is 107 Å². The normalized spacial score (nSPS) is 10.5. The molecule has 1 N–H and O–H groups in total. The van der Waals surface area contributed by atoms with E-state index in [2.05, 4.69) is 6.58 Å². The zero-order valence-electron chi connectivity index (χ0n) is 10.3. The minimum Gasteiger partial charge on any atom is -0.462 e. The SMILES string of the molecule is C=C(/C=C/CCO)CCOC(=O)c1ccccc1. The van der Waals surface area contributed by atoms with Gasteiger partial charge in [0.15, 0.2) is 0 Å². The van der Waals surface area contributed by atoms with Gasteiger partial charge in [-0.1, -0.05) is 42.5 Å². The number of carbonyl (C=O) groups excluding carboxylic acids is 1. The molecule has 1 aromatic carbocycles. The van der Waals surface area contributed by atoms with Gasteiger partial charge in [-0.2, -0.15) is 0 Å². The van der Waals surface area contributed by atoms with E-state index in [1.807, 2.05) is 18.2 Å². The van der Waals surface area contributed by atoms with Crippen molar-refractivity contribution in [2.75, 3.05) is 13.2 Å². The lowest BCUT2D eigenvalue weighted by Crippen LogP contribution is -2.06. The summed E-state index contributed by atoms with van der Waals surface area (Å²) in [5.74, 6) is -0.317. The minimum absolute atomic E-state index is 0.132. The summed E-state index contributed by atoms with van der Waals surface area (Å²) >= 11 is 0. The number of hydrogen-bond donors (Lipinski definition) is 1. The van der Waals surface area contributed by atoms with Gasteiger partial charge < -0.3 is 9.84 Å². The molecule has 0 aromatic heterocycles. The van der Waals surface area contributed by atoms with E-state index in [-0.39, 0.29) is 12.6 Å². The van der Waals surface area contributed by atoms with Crippen molar-refractivity contribution in [3.05, 3.63) is 60.2 Å². The van der Waals surface area contributed by atoms with Gasteiger partial charge in [-0.05, 0) is 18.6 Å². The molecule has 1 rings (SSSR count). The summed E-state index contributed by atoms with van der Waals surface area (Å²) in [6.45, 7) is 4.28. The Kier molecular flexibility index (Phi) is 6.51. The standard InChI is InChI=1S/C15H18O3/c1-13(7-5-6-11-16)10-12-18-15(17)14-8-3-2-4-9-14/h2-5,7-9,16H,1,6,10-12H2/b7-5+. The third kappa shape index (κ3) is 5.46. The lowest BCUT2D eigenvalue weighted by atomic mass is 10.2. The van der Waals surface area contributed by atoms with E-state index >= 15 is 0 Å². The summed E-state index contributed by atoms with van der Waals surface area (Å²) in [5, 5.41) is 8.60. The van der Waals surface area contributed by atoms with Crippen molar-refractivity contribution in [2.24, 2.45) is 0 Å². The molecule has 0 spiro atoms. The van der Waals surface area contributed by atoms with Crippen LogP contribution in [0.5, 0.6) is 0 Å². The summed E-state index contributed by atoms with van der Waals surface area (Å²) in [5.41, 5.74) is 1.43. The second-order valence-electron chi connectivity index (χ2n) is 3.82. The summed E-state index contributed by atoms with van der Waals surface area (Å²) in [4.78, 5) is 11.6. The molecule has 0 aliphatic carbocycles. The van der Waals surface area contributed by atoms with Crippen molar-refractivity contribution in [1.82, 2.24) is 0 Å². The first-order chi connectivity index (χ1) is 8.74. The van der Waals surface area contributed by atoms with Gasteiger partial charge in [0.05, 0.1) is 12.2 Å². The third-order valence-electron chi connectivity index (χ3n) is 2.32. The average Bonchev–Trinajstić information content (AvgIpc) is 2.40. The summed E-state index contributed by atoms with van der Waals surface area (Å²) < 4.78 is 5.12. The van der Waals surface area contributed by atoms with Crippen molar-refractivity contribution < 1.29 is 14.6 Å². The van der Waals surface area contributed by atoms with E-state index in [9.17, 15) is 4.79 Å². The van der Waals surface area contributed by atoms with Gasteiger partial charge in [-0.15, -0.1) is 0 Å². The monoisotopic (exact) mass is 246 g/mol. The average molecular weight is 246 g/mol. The van der Waals surface area contributed by atoms with Gasteiger partial charge in [-0.25, -0.2) is 4.79 Å². The Hall–Kier alpha value is -1.87. The molecule has 0 heterocycles. The number of aliphatic hydroxyl groups is 1. The fourth-order valence-corrected chi connectivity index (χ4v) is 1.34. The van der Waals surface area contributed by atoms with E-state index < -0.39 is 0 Å². The first kappa shape index (κ1) is 14.2. The number of benzene rings is 1. The lowest BCUT2D eigenvalue weighted by molar-refractivity contribution is 0.0510. The lowest BCUT2D eigenvalue weighted by Gasteiger charge is -2.04. The zero-order valence-corrected chi connectivity index (χ0v) is 10.3. The number of hydrogen-bond acceptors (Lipinski definition) is 3. The molecule has 0 unspecified atom stereocenters. The summed E-state index contributed by atoms with van der Waals surface area (Å²) in [6, 6.07) is 8.89. The maximum atomic E-state index is 11.6. The molecule has 0 radical (unpaired) electrons. The molecule has 0 amide bonds. The van der Waals surface area contributed by atoms with Crippen molar-refractivity contribution in [1.29, 1.82) is 0 Å². The van der Waals surface area contributed by atoms with Gasteiger partial charge in [0.25, 0.3) is 0 Å². The molecule has 0 fully saturated rings. The minimum atomic E-state index is -0.317. The molecule has 0 aliphatic heterocycles. The Balaban J connectivity index is 2.26. The van der Waals surface area contributed by atoms with Gasteiger partial charge in [0.2, 0.25) is 0 Å². The topological polar surface area (TPSA) is 46.5 Å². The van der Waals surface area contributed by atoms with Gasteiger partial charge in [-0.3, -0.25) is 0 Å². The number of aliphatic hydroxyl groups excluding tert-OH is 1. The fourth-order valence-electron chi connectivity index (χ4n) is 1.34. The van der Waals surface area contributed by atoms with Crippen LogP contribution in [0.15, 0.2) is 54.6 Å². The number of allylic oxidation sites excluding steroid dienone is 1. The molecule has 0 saturated carbocycles. The Bertz CT molecular complexity index is 407. The highest BCUT2D eigenvalue weighted by Gasteiger charge is 2.04. The first-order valence-electron chi connectivity index (χ1n) is 5.91. The second kappa shape index (κ2) is 8.25. The van der Waals surface area contributed by atoms with Crippen LogP contribution in [0.2, 0.25) is 0 Å². The van der Waals surface area contributed by atoms with Crippen LogP contribution in [-0.2, 0) is 4.74 Å². The first-order valence-corrected chi connectivity index (χ1v) is 5.91. The highest BCUT2D eigenvalue weighted by atomic mass is 16.5. The Morgan fingerprint density at radius 3 is 2.72 bits per heavy atom. The van der Waals surface area contributed by atoms with E-state index in [1.54, 1.807) is 24.3 Å². The largest absolute Gasteiger partial charge is 0.462 e. The molecule has 0 bridgehead atoms. The van der Waals surface area contributed by atoms with E-state index in [4.69, 9.17) is 9.84 Å². The molecule has 0 aliphatic rings. The van der Waals surface area contributed by atoms with Crippen molar-refractivity contribution in [3.8, 4) is 0 Å². The van der Waals surface area contributed by atoms with Crippen LogP contribution in [0.4, 0.5) is 0 Å². The van der Waals surface area contributed by atoms with Crippen LogP contribution in [0, 0.1) is 0 Å². The predicted molar refractivity (Wildman–Crippen MR) is 71.3 cm³/mol. The number of rotatable bonds is 7. The fraction of sp³-hybridized carbons (Fsp3) is 0.267. The number of carbonyl (C=O) groups is 1. The molecule has 0 atom stereocenters. The molecular formula is C15H18O3. The maximum Gasteiger partial charge on any atom is 0.338 e. The maximum absolute atomic E-state index is 11.6. The summed E-state index contributed by atoms with van der Waals surface area (Å²) in [6.07, 6.45) is 4.90. The van der Waals surface area contributed by atoms with Crippen LogP contribution in [0.3, 0.4) is 0 Å². The molecule has 0 saturated heterocycles. The molecule has 18 heavy (non-hydrogen) atoms. The van der Waals surface area contributed by atoms with Crippen LogP contribution in [-0.4, -0.2) is 24.3 Å². The van der Waals surface area contributed by atoms with E-state index in [0.29, 0.717) is 25.0 Å².